The second-order valence-electron chi connectivity index (χ2n) is 8.53. The summed E-state index contributed by atoms with van der Waals surface area (Å²) in [5.41, 5.74) is 4.20. The van der Waals surface area contributed by atoms with Gasteiger partial charge in [-0.15, -0.1) is 0 Å². The average Bonchev–Trinajstić information content (AvgIpc) is 2.80. The van der Waals surface area contributed by atoms with Gasteiger partial charge in [0.2, 0.25) is 0 Å². The van der Waals surface area contributed by atoms with E-state index in [4.69, 9.17) is 4.31 Å². The Morgan fingerprint density at radius 2 is 0.576 bits per heavy atom. The highest BCUT2D eigenvalue weighted by Crippen LogP contribution is 2.61. The first kappa shape index (κ1) is 23.5. The summed E-state index contributed by atoms with van der Waals surface area (Å²) < 4.78 is 35.9. The average molecular weight is 474 g/mol. The molecule has 0 amide bonds. The minimum Gasteiger partial charge on any atom is -0.282 e. The first-order chi connectivity index (χ1) is 15.7. The van der Waals surface area contributed by atoms with Crippen molar-refractivity contribution in [3.05, 3.63) is 119 Å². The highest BCUT2D eigenvalue weighted by atomic mass is 31.2. The molecule has 168 valence electrons. The summed E-state index contributed by atoms with van der Waals surface area (Å²) in [5, 5.41) is 2.10. The monoisotopic (exact) mass is 474 g/mol. The van der Waals surface area contributed by atoms with Gasteiger partial charge in [-0.25, -0.2) is 0 Å². The zero-order chi connectivity index (χ0) is 23.6. The van der Waals surface area contributed by atoms with Crippen LogP contribution in [0.2, 0.25) is 0 Å². The van der Waals surface area contributed by atoms with Gasteiger partial charge in [0, 0.05) is 21.2 Å². The second kappa shape index (κ2) is 9.27. The highest BCUT2D eigenvalue weighted by molar-refractivity contribution is 7.86. The minimum absolute atomic E-state index is 0.524. The molecule has 0 fully saturated rings. The molecule has 0 N–H and O–H groups in total. The summed E-state index contributed by atoms with van der Waals surface area (Å²) in [5.74, 6) is 0. The van der Waals surface area contributed by atoms with Crippen LogP contribution in [0.4, 0.5) is 0 Å². The molecule has 0 atom stereocenters. The smallest absolute Gasteiger partial charge is 0.267 e. The molecular formula is C28H28O3P2. The normalized spacial score (nSPS) is 12.0. The lowest BCUT2D eigenvalue weighted by atomic mass is 10.2. The van der Waals surface area contributed by atoms with E-state index in [-0.39, 0.29) is 0 Å². The maximum atomic E-state index is 14.7. The number of benzene rings is 4. The number of aryl methyl sites for hydroxylation is 4. The van der Waals surface area contributed by atoms with Gasteiger partial charge in [0.15, 0.2) is 0 Å². The second-order valence-corrected chi connectivity index (χ2v) is 13.5. The van der Waals surface area contributed by atoms with E-state index in [9.17, 15) is 9.13 Å². The van der Waals surface area contributed by atoms with E-state index in [0.29, 0.717) is 21.2 Å². The van der Waals surface area contributed by atoms with Crippen molar-refractivity contribution in [1.82, 2.24) is 0 Å². The van der Waals surface area contributed by atoms with Gasteiger partial charge in [-0.05, 0) is 76.2 Å². The summed E-state index contributed by atoms with van der Waals surface area (Å²) in [4.78, 5) is 0. The van der Waals surface area contributed by atoms with E-state index in [1.165, 1.54) is 0 Å². The molecule has 0 bridgehead atoms. The third kappa shape index (κ3) is 4.82. The highest BCUT2D eigenvalue weighted by Gasteiger charge is 2.40. The Morgan fingerprint density at radius 3 is 0.758 bits per heavy atom. The largest absolute Gasteiger partial charge is 0.282 e. The van der Waals surface area contributed by atoms with Gasteiger partial charge in [-0.3, -0.25) is 13.4 Å². The zero-order valence-electron chi connectivity index (χ0n) is 19.4. The Balaban J connectivity index is 1.94. The SMILES string of the molecule is Cc1ccc(P(=O)(OP(=O)(c2ccc(C)cc2)c2ccc(C)cc2)c2ccc(C)cc2)cc1. The van der Waals surface area contributed by atoms with Crippen LogP contribution < -0.4 is 21.2 Å². The Hall–Kier alpha value is -2.70. The maximum absolute atomic E-state index is 14.7. The molecule has 33 heavy (non-hydrogen) atoms. The van der Waals surface area contributed by atoms with Crippen molar-refractivity contribution in [1.29, 1.82) is 0 Å². The van der Waals surface area contributed by atoms with Crippen molar-refractivity contribution in [2.45, 2.75) is 27.7 Å². The summed E-state index contributed by atoms with van der Waals surface area (Å²) in [6.07, 6.45) is 0. The van der Waals surface area contributed by atoms with Crippen molar-refractivity contribution in [2.24, 2.45) is 0 Å². The molecule has 3 nitrogen and oxygen atoms in total. The molecule has 0 saturated heterocycles. The third-order valence-corrected chi connectivity index (χ3v) is 11.5. The van der Waals surface area contributed by atoms with E-state index in [1.807, 2.05) is 125 Å². The molecule has 4 aromatic rings. The number of hydrogen-bond donors (Lipinski definition) is 0. The maximum Gasteiger partial charge on any atom is 0.267 e. The van der Waals surface area contributed by atoms with Crippen LogP contribution in [0.3, 0.4) is 0 Å². The minimum atomic E-state index is -3.70. The van der Waals surface area contributed by atoms with Crippen LogP contribution in [0.25, 0.3) is 0 Å². The molecule has 0 radical (unpaired) electrons. The Morgan fingerprint density at radius 1 is 0.394 bits per heavy atom. The molecule has 0 spiro atoms. The molecule has 5 heteroatoms. The van der Waals surface area contributed by atoms with Gasteiger partial charge in [0.05, 0.1) is 0 Å². The first-order valence-electron chi connectivity index (χ1n) is 10.9. The fourth-order valence-electron chi connectivity index (χ4n) is 3.61. The molecule has 0 aliphatic rings. The van der Waals surface area contributed by atoms with Crippen LogP contribution in [-0.4, -0.2) is 0 Å². The van der Waals surface area contributed by atoms with Gasteiger partial charge in [0.25, 0.3) is 14.7 Å². The molecule has 0 aliphatic heterocycles. The summed E-state index contributed by atoms with van der Waals surface area (Å²) in [7, 11) is -7.41. The predicted molar refractivity (Wildman–Crippen MR) is 140 cm³/mol. The fraction of sp³-hybridized carbons (Fsp3) is 0.143. The predicted octanol–water partition coefficient (Wildman–Crippen LogP) is 6.09. The number of rotatable bonds is 6. The molecule has 4 rings (SSSR count). The molecule has 0 aromatic heterocycles. The lowest BCUT2D eigenvalue weighted by molar-refractivity contribution is 0.485. The summed E-state index contributed by atoms with van der Waals surface area (Å²) in [6.45, 7) is 7.91. The van der Waals surface area contributed by atoms with Crippen molar-refractivity contribution < 1.29 is 13.4 Å². The Kier molecular flexibility index (Phi) is 6.59. The van der Waals surface area contributed by atoms with Crippen molar-refractivity contribution in [3.8, 4) is 0 Å². The van der Waals surface area contributed by atoms with E-state index in [0.717, 1.165) is 22.3 Å². The molecule has 0 aliphatic carbocycles. The van der Waals surface area contributed by atoms with Crippen molar-refractivity contribution >= 4 is 36.0 Å². The Bertz CT molecular complexity index is 1130. The summed E-state index contributed by atoms with van der Waals surface area (Å²) in [6, 6.07) is 29.7. The quantitative estimate of drug-likeness (QED) is 0.318. The van der Waals surface area contributed by atoms with Gasteiger partial charge in [-0.1, -0.05) is 70.8 Å². The van der Waals surface area contributed by atoms with E-state index in [2.05, 4.69) is 0 Å². The Labute approximate surface area is 196 Å². The van der Waals surface area contributed by atoms with Crippen LogP contribution in [0.5, 0.6) is 0 Å². The van der Waals surface area contributed by atoms with Gasteiger partial charge >= 0.3 is 0 Å². The molecular weight excluding hydrogens is 446 g/mol. The topological polar surface area (TPSA) is 43.4 Å². The van der Waals surface area contributed by atoms with Crippen LogP contribution in [0, 0.1) is 27.7 Å². The van der Waals surface area contributed by atoms with Crippen LogP contribution in [0.1, 0.15) is 22.3 Å². The fourth-order valence-corrected chi connectivity index (χ4v) is 9.18. The number of hydrogen-bond acceptors (Lipinski definition) is 3. The lowest BCUT2D eigenvalue weighted by Crippen LogP contribution is -2.24. The van der Waals surface area contributed by atoms with Crippen molar-refractivity contribution in [2.75, 3.05) is 0 Å². The van der Waals surface area contributed by atoms with Crippen LogP contribution >= 0.6 is 14.7 Å². The molecule has 0 saturated carbocycles. The standard InChI is InChI=1S/C28H28O3P2/c1-21-5-13-25(14-6-21)32(29,26-15-7-22(2)8-16-26)31-33(30,27-17-9-23(3)10-18-27)28-19-11-24(4)12-20-28/h5-20H,1-4H3. The summed E-state index contributed by atoms with van der Waals surface area (Å²) >= 11 is 0. The van der Waals surface area contributed by atoms with Crippen molar-refractivity contribution in [3.63, 3.8) is 0 Å². The van der Waals surface area contributed by atoms with E-state index >= 15 is 0 Å². The first-order valence-corrected chi connectivity index (χ1v) is 14.2. The van der Waals surface area contributed by atoms with E-state index < -0.39 is 14.7 Å². The van der Waals surface area contributed by atoms with Crippen LogP contribution in [0.15, 0.2) is 97.1 Å². The van der Waals surface area contributed by atoms with Gasteiger partial charge < -0.3 is 0 Å². The zero-order valence-corrected chi connectivity index (χ0v) is 21.1. The third-order valence-electron chi connectivity index (χ3n) is 5.73. The molecule has 0 heterocycles. The van der Waals surface area contributed by atoms with Gasteiger partial charge in [0.1, 0.15) is 0 Å². The van der Waals surface area contributed by atoms with Crippen LogP contribution in [-0.2, 0) is 13.4 Å². The molecule has 0 unspecified atom stereocenters. The van der Waals surface area contributed by atoms with Gasteiger partial charge in [-0.2, -0.15) is 0 Å². The molecule has 4 aromatic carbocycles. The van der Waals surface area contributed by atoms with E-state index in [1.54, 1.807) is 0 Å². The lowest BCUT2D eigenvalue weighted by Gasteiger charge is -2.27.